The van der Waals surface area contributed by atoms with Crippen LogP contribution in [0.4, 0.5) is 0 Å². The predicted molar refractivity (Wildman–Crippen MR) is 49.0 cm³/mol. The van der Waals surface area contributed by atoms with Gasteiger partial charge in [-0.25, -0.2) is 0 Å². The Morgan fingerprint density at radius 2 is 1.90 bits per heavy atom. The molecule has 0 aromatic carbocycles. The van der Waals surface area contributed by atoms with Gasteiger partial charge in [-0.3, -0.25) is 0 Å². The second kappa shape index (κ2) is 2.89. The maximum Gasteiger partial charge on any atom is 0.0773 e. The van der Waals surface area contributed by atoms with Crippen molar-refractivity contribution in [2.75, 3.05) is 0 Å². The van der Waals surface area contributed by atoms with Crippen molar-refractivity contribution in [3.8, 4) is 0 Å². The van der Waals surface area contributed by atoms with E-state index in [9.17, 15) is 5.11 Å². The van der Waals surface area contributed by atoms with Crippen LogP contribution in [0.25, 0.3) is 0 Å². The van der Waals surface area contributed by atoms with Crippen LogP contribution < -0.4 is 0 Å². The lowest BCUT2D eigenvalue weighted by Gasteiger charge is -2.26. The Labute approximate surface area is 64.8 Å². The fourth-order valence-electron chi connectivity index (χ4n) is 1.15. The number of hydrogen-bond donors (Lipinski definition) is 1. The zero-order valence-corrected chi connectivity index (χ0v) is 8.44. The van der Waals surface area contributed by atoms with Gasteiger partial charge in [0.2, 0.25) is 0 Å². The molecule has 60 valence electrons. The molecule has 0 aliphatic rings. The van der Waals surface area contributed by atoms with E-state index in [1.54, 1.807) is 6.08 Å². The Bertz CT molecular complexity index is 122. The van der Waals surface area contributed by atoms with Crippen molar-refractivity contribution >= 4 is 8.07 Å². The van der Waals surface area contributed by atoms with Crippen molar-refractivity contribution in [2.24, 2.45) is 0 Å². The molecule has 1 atom stereocenters. The molecule has 0 aromatic heterocycles. The molecular formula is C8H18OSi. The van der Waals surface area contributed by atoms with E-state index >= 15 is 0 Å². The van der Waals surface area contributed by atoms with E-state index in [0.717, 1.165) is 6.04 Å². The maximum absolute atomic E-state index is 9.58. The largest absolute Gasteiger partial charge is 0.386 e. The molecular weight excluding hydrogens is 140 g/mol. The molecule has 0 heterocycles. The van der Waals surface area contributed by atoms with Crippen LogP contribution in [0.1, 0.15) is 6.92 Å². The fraction of sp³-hybridized carbons (Fsp3) is 0.750. The second-order valence-electron chi connectivity index (χ2n) is 4.30. The molecule has 1 nitrogen and oxygen atoms in total. The van der Waals surface area contributed by atoms with Crippen molar-refractivity contribution in [2.45, 2.75) is 38.2 Å². The molecule has 0 amide bonds. The van der Waals surface area contributed by atoms with Crippen molar-refractivity contribution in [1.82, 2.24) is 0 Å². The average molecular weight is 158 g/mol. The number of hydrogen-bond acceptors (Lipinski definition) is 1. The van der Waals surface area contributed by atoms with Crippen LogP contribution >= 0.6 is 0 Å². The molecule has 0 aromatic rings. The first-order valence-corrected chi connectivity index (χ1v) is 7.33. The summed E-state index contributed by atoms with van der Waals surface area (Å²) in [7, 11) is -1.13. The molecule has 0 aliphatic heterocycles. The van der Waals surface area contributed by atoms with Gasteiger partial charge in [-0.1, -0.05) is 25.7 Å². The van der Waals surface area contributed by atoms with Gasteiger partial charge in [-0.2, -0.15) is 0 Å². The van der Waals surface area contributed by atoms with E-state index in [0.29, 0.717) is 0 Å². The molecule has 0 aliphatic carbocycles. The topological polar surface area (TPSA) is 20.2 Å². The van der Waals surface area contributed by atoms with E-state index in [2.05, 4.69) is 26.2 Å². The van der Waals surface area contributed by atoms with Crippen molar-refractivity contribution in [3.05, 3.63) is 12.7 Å². The summed E-state index contributed by atoms with van der Waals surface area (Å²) in [5.41, 5.74) is -0.648. The fourth-order valence-corrected chi connectivity index (χ4v) is 3.44. The molecule has 0 bridgehead atoms. The Morgan fingerprint density at radius 1 is 1.50 bits per heavy atom. The molecule has 0 spiro atoms. The van der Waals surface area contributed by atoms with Gasteiger partial charge < -0.3 is 5.11 Å². The van der Waals surface area contributed by atoms with Crippen molar-refractivity contribution in [1.29, 1.82) is 0 Å². The first-order valence-electron chi connectivity index (χ1n) is 3.63. The number of aliphatic hydroxyl groups is 1. The van der Waals surface area contributed by atoms with Crippen LogP contribution in [0.5, 0.6) is 0 Å². The highest BCUT2D eigenvalue weighted by atomic mass is 28.3. The smallest absolute Gasteiger partial charge is 0.0773 e. The molecule has 0 radical (unpaired) electrons. The van der Waals surface area contributed by atoms with Crippen molar-refractivity contribution in [3.63, 3.8) is 0 Å². The zero-order valence-electron chi connectivity index (χ0n) is 7.44. The Hall–Kier alpha value is -0.0831. The van der Waals surface area contributed by atoms with E-state index in [1.165, 1.54) is 0 Å². The third-order valence-corrected chi connectivity index (χ3v) is 3.10. The van der Waals surface area contributed by atoms with E-state index in [4.69, 9.17) is 0 Å². The minimum Gasteiger partial charge on any atom is -0.386 e. The standard InChI is InChI=1S/C8H18OSi/c1-6-8(2,9)7-10(3,4)5/h6,9H,1,7H2,2-5H3/t8-/m0/s1. The highest BCUT2D eigenvalue weighted by Crippen LogP contribution is 2.20. The molecule has 2 heteroatoms. The lowest BCUT2D eigenvalue weighted by Crippen LogP contribution is -2.33. The highest BCUT2D eigenvalue weighted by molar-refractivity contribution is 6.76. The van der Waals surface area contributed by atoms with Gasteiger partial charge >= 0.3 is 0 Å². The molecule has 0 rings (SSSR count). The monoisotopic (exact) mass is 158 g/mol. The van der Waals surface area contributed by atoms with Crippen LogP contribution in [0.3, 0.4) is 0 Å². The second-order valence-corrected chi connectivity index (χ2v) is 9.77. The summed E-state index contributed by atoms with van der Waals surface area (Å²) in [6.07, 6.45) is 1.63. The molecule has 0 unspecified atom stereocenters. The normalized spacial score (nSPS) is 18.1. The summed E-state index contributed by atoms with van der Waals surface area (Å²) in [4.78, 5) is 0. The molecule has 0 saturated heterocycles. The van der Waals surface area contributed by atoms with Gasteiger partial charge in [0.15, 0.2) is 0 Å². The Kier molecular flexibility index (Phi) is 2.86. The molecule has 1 N–H and O–H groups in total. The Balaban J connectivity index is 4.01. The van der Waals surface area contributed by atoms with Crippen LogP contribution in [0.15, 0.2) is 12.7 Å². The summed E-state index contributed by atoms with van der Waals surface area (Å²) in [6.45, 7) is 12.1. The van der Waals surface area contributed by atoms with Crippen LogP contribution in [0, 0.1) is 0 Å². The van der Waals surface area contributed by atoms with E-state index in [-0.39, 0.29) is 0 Å². The van der Waals surface area contributed by atoms with Gasteiger partial charge in [0.25, 0.3) is 0 Å². The first kappa shape index (κ1) is 9.92. The lowest BCUT2D eigenvalue weighted by atomic mass is 10.1. The molecule has 0 saturated carbocycles. The number of rotatable bonds is 3. The van der Waals surface area contributed by atoms with Gasteiger partial charge in [0, 0.05) is 8.07 Å². The molecule has 10 heavy (non-hydrogen) atoms. The minimum atomic E-state index is -1.13. The minimum absolute atomic E-state index is 0.648. The Morgan fingerprint density at radius 3 is 2.00 bits per heavy atom. The van der Waals surface area contributed by atoms with Crippen LogP contribution in [0.2, 0.25) is 25.7 Å². The lowest BCUT2D eigenvalue weighted by molar-refractivity contribution is 0.132. The van der Waals surface area contributed by atoms with Gasteiger partial charge in [0.1, 0.15) is 0 Å². The predicted octanol–water partition coefficient (Wildman–Crippen LogP) is 2.26. The maximum atomic E-state index is 9.58. The van der Waals surface area contributed by atoms with Crippen LogP contribution in [-0.2, 0) is 0 Å². The van der Waals surface area contributed by atoms with Gasteiger partial charge in [-0.05, 0) is 13.0 Å². The van der Waals surface area contributed by atoms with Gasteiger partial charge in [0.05, 0.1) is 5.60 Å². The summed E-state index contributed by atoms with van der Waals surface area (Å²) in [5.74, 6) is 0. The average Bonchev–Trinajstić information content (AvgIpc) is 1.60. The summed E-state index contributed by atoms with van der Waals surface area (Å²) in [6, 6.07) is 0.892. The summed E-state index contributed by atoms with van der Waals surface area (Å²) in [5, 5.41) is 9.58. The summed E-state index contributed by atoms with van der Waals surface area (Å²) < 4.78 is 0. The van der Waals surface area contributed by atoms with Crippen molar-refractivity contribution < 1.29 is 5.11 Å². The zero-order chi connectivity index (χ0) is 8.41. The third kappa shape index (κ3) is 4.76. The highest BCUT2D eigenvalue weighted by Gasteiger charge is 2.25. The quantitative estimate of drug-likeness (QED) is 0.493. The van der Waals surface area contributed by atoms with Gasteiger partial charge in [-0.15, -0.1) is 6.58 Å². The molecule has 0 fully saturated rings. The first-order chi connectivity index (χ1) is 4.27. The van der Waals surface area contributed by atoms with E-state index in [1.807, 2.05) is 6.92 Å². The third-order valence-electron chi connectivity index (χ3n) is 1.33. The SMILES string of the molecule is C=C[C@](C)(O)C[Si](C)(C)C. The van der Waals surface area contributed by atoms with Crippen LogP contribution in [-0.4, -0.2) is 18.8 Å². The summed E-state index contributed by atoms with van der Waals surface area (Å²) >= 11 is 0. The van der Waals surface area contributed by atoms with E-state index < -0.39 is 13.7 Å².